The van der Waals surface area contributed by atoms with Crippen LogP contribution in [0.4, 0.5) is 5.69 Å². The first kappa shape index (κ1) is 12.1. The number of primary amides is 1. The molecule has 0 fully saturated rings. The number of carbonyl (C=O) groups excluding carboxylic acids is 1. The van der Waals surface area contributed by atoms with Crippen molar-refractivity contribution in [2.45, 2.75) is 6.54 Å². The Morgan fingerprint density at radius 3 is 2.53 bits per heavy atom. The maximum absolute atomic E-state index is 10.9. The van der Waals surface area contributed by atoms with Crippen LogP contribution in [0.25, 0.3) is 0 Å². The maximum Gasteiger partial charge on any atom is 0.248 e. The zero-order valence-electron chi connectivity index (χ0n) is 8.94. The van der Waals surface area contributed by atoms with Gasteiger partial charge >= 0.3 is 0 Å². The van der Waals surface area contributed by atoms with Gasteiger partial charge in [-0.15, -0.1) is 11.3 Å². The number of hydrogen-bond donors (Lipinski definition) is 2. The predicted octanol–water partition coefficient (Wildman–Crippen LogP) is 3.22. The Morgan fingerprint density at radius 2 is 2.00 bits per heavy atom. The molecule has 0 saturated carbocycles. The molecule has 0 saturated heterocycles. The Morgan fingerprint density at radius 1 is 1.29 bits per heavy atom. The molecule has 0 unspecified atom stereocenters. The third kappa shape index (κ3) is 3.08. The molecule has 0 aliphatic rings. The summed E-state index contributed by atoms with van der Waals surface area (Å²) in [4.78, 5) is 12.1. The summed E-state index contributed by atoms with van der Waals surface area (Å²) in [5.41, 5.74) is 6.66. The van der Waals surface area contributed by atoms with Crippen molar-refractivity contribution in [1.82, 2.24) is 0 Å². The second-order valence-corrected chi connectivity index (χ2v) is 5.34. The van der Waals surface area contributed by atoms with Crippen molar-refractivity contribution in [2.24, 2.45) is 5.73 Å². The highest BCUT2D eigenvalue weighted by Crippen LogP contribution is 2.23. The molecule has 88 valence electrons. The molecule has 0 bridgehead atoms. The Balaban J connectivity index is 2.00. The van der Waals surface area contributed by atoms with Crippen LogP contribution in [0.2, 0.25) is 0 Å². The van der Waals surface area contributed by atoms with Gasteiger partial charge in [0.2, 0.25) is 5.91 Å². The second-order valence-electron chi connectivity index (χ2n) is 3.49. The molecule has 0 radical (unpaired) electrons. The summed E-state index contributed by atoms with van der Waals surface area (Å²) in [6.45, 7) is 0.758. The summed E-state index contributed by atoms with van der Waals surface area (Å²) < 4.78 is 1.11. The van der Waals surface area contributed by atoms with E-state index in [-0.39, 0.29) is 0 Å². The third-order valence-electron chi connectivity index (χ3n) is 2.31. The maximum atomic E-state index is 10.9. The number of nitrogens with two attached hydrogens (primary N) is 1. The second kappa shape index (κ2) is 5.33. The molecule has 1 heterocycles. The molecule has 1 aromatic carbocycles. The van der Waals surface area contributed by atoms with Crippen molar-refractivity contribution in [3.8, 4) is 0 Å². The predicted molar refractivity (Wildman–Crippen MR) is 74.3 cm³/mol. The fraction of sp³-hybridized carbons (Fsp3) is 0.0833. The Bertz CT molecular complexity index is 522. The first-order chi connectivity index (χ1) is 8.16. The lowest BCUT2D eigenvalue weighted by molar-refractivity contribution is 0.100. The van der Waals surface area contributed by atoms with E-state index in [4.69, 9.17) is 5.73 Å². The van der Waals surface area contributed by atoms with Crippen molar-refractivity contribution in [3.05, 3.63) is 50.6 Å². The van der Waals surface area contributed by atoms with E-state index in [1.165, 1.54) is 4.88 Å². The average molecular weight is 311 g/mol. The minimum absolute atomic E-state index is 0.405. The van der Waals surface area contributed by atoms with E-state index in [2.05, 4.69) is 21.2 Å². The van der Waals surface area contributed by atoms with Gasteiger partial charge in [-0.2, -0.15) is 0 Å². The number of amides is 1. The van der Waals surface area contributed by atoms with Gasteiger partial charge in [-0.1, -0.05) is 0 Å². The molecule has 1 aromatic heterocycles. The standard InChI is InChI=1S/C12H11BrN2OS/c13-10-5-6-17-11(10)7-15-9-3-1-8(2-4-9)12(14)16/h1-6,15H,7H2,(H2,14,16). The van der Waals surface area contributed by atoms with E-state index in [9.17, 15) is 4.79 Å². The summed E-state index contributed by atoms with van der Waals surface area (Å²) in [6, 6.07) is 9.16. The van der Waals surface area contributed by atoms with Gasteiger partial charge < -0.3 is 11.1 Å². The molecule has 2 rings (SSSR count). The van der Waals surface area contributed by atoms with E-state index in [0.29, 0.717) is 5.56 Å². The van der Waals surface area contributed by atoms with Gasteiger partial charge in [0.15, 0.2) is 0 Å². The minimum Gasteiger partial charge on any atom is -0.380 e. The first-order valence-electron chi connectivity index (χ1n) is 5.02. The lowest BCUT2D eigenvalue weighted by atomic mass is 10.2. The zero-order valence-corrected chi connectivity index (χ0v) is 11.3. The van der Waals surface area contributed by atoms with Gasteiger partial charge in [0, 0.05) is 20.6 Å². The molecule has 3 nitrogen and oxygen atoms in total. The van der Waals surface area contributed by atoms with E-state index in [0.717, 1.165) is 16.7 Å². The topological polar surface area (TPSA) is 55.1 Å². The van der Waals surface area contributed by atoms with Crippen molar-refractivity contribution < 1.29 is 4.79 Å². The monoisotopic (exact) mass is 310 g/mol. The molecule has 5 heteroatoms. The van der Waals surface area contributed by atoms with Crippen LogP contribution in [-0.2, 0) is 6.54 Å². The fourth-order valence-corrected chi connectivity index (χ4v) is 2.82. The molecule has 3 N–H and O–H groups in total. The molecule has 0 atom stereocenters. The normalized spacial score (nSPS) is 10.2. The number of thiophene rings is 1. The third-order valence-corrected chi connectivity index (χ3v) is 4.24. The summed E-state index contributed by atoms with van der Waals surface area (Å²) in [5, 5.41) is 5.32. The van der Waals surface area contributed by atoms with Crippen LogP contribution in [0.15, 0.2) is 40.2 Å². The molecule has 2 aromatic rings. The highest BCUT2D eigenvalue weighted by Gasteiger charge is 2.02. The number of carbonyl (C=O) groups is 1. The number of benzene rings is 1. The van der Waals surface area contributed by atoms with Crippen LogP contribution in [0, 0.1) is 0 Å². The van der Waals surface area contributed by atoms with Gasteiger partial charge in [-0.05, 0) is 51.6 Å². The molecule has 17 heavy (non-hydrogen) atoms. The molecule has 0 spiro atoms. The van der Waals surface area contributed by atoms with Gasteiger partial charge in [0.1, 0.15) is 0 Å². The van der Waals surface area contributed by atoms with Crippen molar-refractivity contribution in [3.63, 3.8) is 0 Å². The minimum atomic E-state index is -0.405. The summed E-state index contributed by atoms with van der Waals surface area (Å²) >= 11 is 5.17. The van der Waals surface area contributed by atoms with Crippen molar-refractivity contribution >= 4 is 38.9 Å². The number of halogens is 1. The Kier molecular flexibility index (Phi) is 3.81. The fourth-order valence-electron chi connectivity index (χ4n) is 1.39. The highest BCUT2D eigenvalue weighted by atomic mass is 79.9. The largest absolute Gasteiger partial charge is 0.380 e. The van der Waals surface area contributed by atoms with Gasteiger partial charge in [0.25, 0.3) is 0 Å². The smallest absolute Gasteiger partial charge is 0.248 e. The lowest BCUT2D eigenvalue weighted by Gasteiger charge is -2.05. The van der Waals surface area contributed by atoms with Crippen LogP contribution in [0.3, 0.4) is 0 Å². The summed E-state index contributed by atoms with van der Waals surface area (Å²) in [7, 11) is 0. The molecular weight excluding hydrogens is 300 g/mol. The first-order valence-corrected chi connectivity index (χ1v) is 6.69. The van der Waals surface area contributed by atoms with Gasteiger partial charge in [0.05, 0.1) is 6.54 Å². The van der Waals surface area contributed by atoms with Crippen LogP contribution >= 0.6 is 27.3 Å². The van der Waals surface area contributed by atoms with Gasteiger partial charge in [-0.25, -0.2) is 0 Å². The van der Waals surface area contributed by atoms with Crippen molar-refractivity contribution in [1.29, 1.82) is 0 Å². The SMILES string of the molecule is NC(=O)c1ccc(NCc2sccc2Br)cc1. The number of anilines is 1. The van der Waals surface area contributed by atoms with Crippen LogP contribution in [0.5, 0.6) is 0 Å². The number of rotatable bonds is 4. The van der Waals surface area contributed by atoms with Crippen molar-refractivity contribution in [2.75, 3.05) is 5.32 Å². The van der Waals surface area contributed by atoms with Crippen LogP contribution in [0.1, 0.15) is 15.2 Å². The quantitative estimate of drug-likeness (QED) is 0.911. The van der Waals surface area contributed by atoms with E-state index < -0.39 is 5.91 Å². The van der Waals surface area contributed by atoms with Crippen LogP contribution < -0.4 is 11.1 Å². The molecular formula is C12H11BrN2OS. The Hall–Kier alpha value is -1.33. The number of hydrogen-bond acceptors (Lipinski definition) is 3. The molecule has 0 aliphatic heterocycles. The summed E-state index contributed by atoms with van der Waals surface area (Å²) in [6.07, 6.45) is 0. The molecule has 0 aliphatic carbocycles. The average Bonchev–Trinajstić information content (AvgIpc) is 2.73. The summed E-state index contributed by atoms with van der Waals surface area (Å²) in [5.74, 6) is -0.405. The molecule has 1 amide bonds. The zero-order chi connectivity index (χ0) is 12.3. The van der Waals surface area contributed by atoms with E-state index in [1.807, 2.05) is 23.6 Å². The highest BCUT2D eigenvalue weighted by molar-refractivity contribution is 9.10. The van der Waals surface area contributed by atoms with E-state index in [1.54, 1.807) is 23.5 Å². The Labute approximate surface area is 112 Å². The van der Waals surface area contributed by atoms with Gasteiger partial charge in [-0.3, -0.25) is 4.79 Å². The van der Waals surface area contributed by atoms with Crippen LogP contribution in [-0.4, -0.2) is 5.91 Å². The lowest BCUT2D eigenvalue weighted by Crippen LogP contribution is -2.10. The number of nitrogens with one attached hydrogen (secondary N) is 1. The van der Waals surface area contributed by atoms with E-state index >= 15 is 0 Å².